The summed E-state index contributed by atoms with van der Waals surface area (Å²) in [6.45, 7) is 4.60. The van der Waals surface area contributed by atoms with Crippen LogP contribution in [-0.2, 0) is 6.54 Å². The van der Waals surface area contributed by atoms with Gasteiger partial charge in [0.05, 0.1) is 11.2 Å². The van der Waals surface area contributed by atoms with Crippen molar-refractivity contribution in [3.63, 3.8) is 0 Å². The molecule has 0 aliphatic heterocycles. The molecule has 0 aromatic carbocycles. The molecule has 1 aromatic heterocycles. The number of aromatic nitrogens is 1. The maximum atomic E-state index is 5.36. The lowest BCUT2D eigenvalue weighted by Crippen LogP contribution is -2.37. The fourth-order valence-electron chi connectivity index (χ4n) is 0.911. The molecule has 0 spiro atoms. The number of terminal acetylenes is 1. The summed E-state index contributed by atoms with van der Waals surface area (Å²) in [5.41, 5.74) is 0.687. The Hall–Kier alpha value is -0.850. The zero-order chi connectivity index (χ0) is 10.6. The second kappa shape index (κ2) is 4.59. The zero-order valence-electron chi connectivity index (χ0n) is 8.34. The molecular formula is C11H13BrN2. The summed E-state index contributed by atoms with van der Waals surface area (Å²) in [5, 5.41) is 3.23. The first-order chi connectivity index (χ1) is 6.53. The Balaban J connectivity index is 2.59. The summed E-state index contributed by atoms with van der Waals surface area (Å²) in [6, 6.07) is 5.82. The quantitative estimate of drug-likeness (QED) is 0.660. The van der Waals surface area contributed by atoms with Crippen molar-refractivity contribution >= 4 is 15.9 Å². The SMILES string of the molecule is C#CC(C)(C)NCc1cccc(Br)n1. The van der Waals surface area contributed by atoms with Crippen LogP contribution in [0.1, 0.15) is 19.5 Å². The standard InChI is InChI=1S/C11H13BrN2/c1-4-11(2,3)13-8-9-6-5-7-10(12)14-9/h1,5-7,13H,8H2,2-3H3. The van der Waals surface area contributed by atoms with E-state index in [0.29, 0.717) is 6.54 Å². The summed E-state index contributed by atoms with van der Waals surface area (Å²) >= 11 is 3.32. The normalized spacial score (nSPS) is 11.0. The maximum Gasteiger partial charge on any atom is 0.106 e. The van der Waals surface area contributed by atoms with E-state index in [2.05, 4.69) is 32.2 Å². The zero-order valence-corrected chi connectivity index (χ0v) is 9.93. The summed E-state index contributed by atoms with van der Waals surface area (Å²) in [6.07, 6.45) is 5.36. The van der Waals surface area contributed by atoms with Crippen LogP contribution in [0, 0.1) is 12.3 Å². The second-order valence-electron chi connectivity index (χ2n) is 3.57. The smallest absolute Gasteiger partial charge is 0.106 e. The van der Waals surface area contributed by atoms with Crippen molar-refractivity contribution in [1.82, 2.24) is 10.3 Å². The average Bonchev–Trinajstić information content (AvgIpc) is 2.15. The predicted molar refractivity (Wildman–Crippen MR) is 61.7 cm³/mol. The van der Waals surface area contributed by atoms with Gasteiger partial charge in [-0.3, -0.25) is 5.32 Å². The van der Waals surface area contributed by atoms with E-state index in [0.717, 1.165) is 10.3 Å². The number of hydrogen-bond donors (Lipinski definition) is 1. The van der Waals surface area contributed by atoms with Gasteiger partial charge in [-0.2, -0.15) is 0 Å². The molecular weight excluding hydrogens is 240 g/mol. The van der Waals surface area contributed by atoms with Crippen molar-refractivity contribution in [3.8, 4) is 12.3 Å². The Labute approximate surface area is 93.3 Å². The molecule has 1 aromatic rings. The third kappa shape index (κ3) is 3.49. The van der Waals surface area contributed by atoms with Crippen LogP contribution in [0.2, 0.25) is 0 Å². The maximum absolute atomic E-state index is 5.36. The Morgan fingerprint density at radius 2 is 2.29 bits per heavy atom. The van der Waals surface area contributed by atoms with Gasteiger partial charge in [-0.05, 0) is 41.9 Å². The molecule has 0 fully saturated rings. The number of rotatable bonds is 3. The van der Waals surface area contributed by atoms with Gasteiger partial charge in [-0.15, -0.1) is 6.42 Å². The van der Waals surface area contributed by atoms with Crippen LogP contribution < -0.4 is 5.32 Å². The molecule has 0 atom stereocenters. The molecule has 0 unspecified atom stereocenters. The molecule has 0 radical (unpaired) electrons. The van der Waals surface area contributed by atoms with Gasteiger partial charge in [0, 0.05) is 6.54 Å². The minimum absolute atomic E-state index is 0.288. The first-order valence-electron chi connectivity index (χ1n) is 4.38. The van der Waals surface area contributed by atoms with Gasteiger partial charge in [0.1, 0.15) is 4.60 Å². The topological polar surface area (TPSA) is 24.9 Å². The monoisotopic (exact) mass is 252 g/mol. The molecule has 0 aliphatic carbocycles. The lowest BCUT2D eigenvalue weighted by Gasteiger charge is -2.19. The van der Waals surface area contributed by atoms with Crippen molar-refractivity contribution in [3.05, 3.63) is 28.5 Å². The number of nitrogens with zero attached hydrogens (tertiary/aromatic N) is 1. The summed E-state index contributed by atoms with van der Waals surface area (Å²) in [5.74, 6) is 2.68. The van der Waals surface area contributed by atoms with Gasteiger partial charge in [-0.1, -0.05) is 12.0 Å². The van der Waals surface area contributed by atoms with E-state index in [1.165, 1.54) is 0 Å². The predicted octanol–water partition coefficient (Wildman–Crippen LogP) is 2.35. The summed E-state index contributed by atoms with van der Waals surface area (Å²) in [4.78, 5) is 4.30. The third-order valence-electron chi connectivity index (χ3n) is 1.85. The van der Waals surface area contributed by atoms with Crippen LogP contribution in [0.25, 0.3) is 0 Å². The fraction of sp³-hybridized carbons (Fsp3) is 0.364. The molecule has 0 amide bonds. The molecule has 1 rings (SSSR count). The highest BCUT2D eigenvalue weighted by atomic mass is 79.9. The van der Waals surface area contributed by atoms with Crippen molar-refractivity contribution < 1.29 is 0 Å². The van der Waals surface area contributed by atoms with Crippen molar-refractivity contribution in [2.24, 2.45) is 0 Å². The number of pyridine rings is 1. The van der Waals surface area contributed by atoms with E-state index in [-0.39, 0.29) is 5.54 Å². The molecule has 0 saturated heterocycles. The van der Waals surface area contributed by atoms with E-state index in [1.54, 1.807) is 0 Å². The van der Waals surface area contributed by atoms with E-state index in [4.69, 9.17) is 6.42 Å². The summed E-state index contributed by atoms with van der Waals surface area (Å²) in [7, 11) is 0. The minimum atomic E-state index is -0.288. The molecule has 14 heavy (non-hydrogen) atoms. The molecule has 1 N–H and O–H groups in total. The summed E-state index contributed by atoms with van der Waals surface area (Å²) < 4.78 is 0.843. The van der Waals surface area contributed by atoms with Crippen LogP contribution in [0.4, 0.5) is 0 Å². The molecule has 0 bridgehead atoms. The lowest BCUT2D eigenvalue weighted by atomic mass is 10.1. The highest BCUT2D eigenvalue weighted by molar-refractivity contribution is 9.10. The fourth-order valence-corrected chi connectivity index (χ4v) is 1.29. The first-order valence-corrected chi connectivity index (χ1v) is 5.17. The number of halogens is 1. The second-order valence-corrected chi connectivity index (χ2v) is 4.39. The van der Waals surface area contributed by atoms with Gasteiger partial charge < -0.3 is 0 Å². The minimum Gasteiger partial charge on any atom is -0.296 e. The molecule has 1 heterocycles. The number of hydrogen-bond acceptors (Lipinski definition) is 2. The van der Waals surface area contributed by atoms with Gasteiger partial charge in [0.25, 0.3) is 0 Å². The van der Waals surface area contributed by atoms with Crippen LogP contribution in [-0.4, -0.2) is 10.5 Å². The van der Waals surface area contributed by atoms with Gasteiger partial charge >= 0.3 is 0 Å². The molecule has 74 valence electrons. The van der Waals surface area contributed by atoms with Crippen LogP contribution in [0.5, 0.6) is 0 Å². The Bertz CT molecular complexity index is 353. The van der Waals surface area contributed by atoms with Crippen molar-refractivity contribution in [2.45, 2.75) is 25.9 Å². The molecule has 0 saturated carbocycles. The molecule has 3 heteroatoms. The Morgan fingerprint density at radius 1 is 1.57 bits per heavy atom. The number of nitrogens with one attached hydrogen (secondary N) is 1. The molecule has 0 aliphatic rings. The molecule has 2 nitrogen and oxygen atoms in total. The largest absolute Gasteiger partial charge is 0.296 e. The highest BCUT2D eigenvalue weighted by Gasteiger charge is 2.12. The van der Waals surface area contributed by atoms with Crippen LogP contribution in [0.15, 0.2) is 22.8 Å². The first kappa shape index (κ1) is 11.2. The van der Waals surface area contributed by atoms with Gasteiger partial charge in [0.2, 0.25) is 0 Å². The van der Waals surface area contributed by atoms with Gasteiger partial charge in [-0.25, -0.2) is 4.98 Å². The van der Waals surface area contributed by atoms with E-state index in [9.17, 15) is 0 Å². The highest BCUT2D eigenvalue weighted by Crippen LogP contribution is 2.07. The van der Waals surface area contributed by atoms with E-state index >= 15 is 0 Å². The third-order valence-corrected chi connectivity index (χ3v) is 2.29. The van der Waals surface area contributed by atoms with Gasteiger partial charge in [0.15, 0.2) is 0 Å². The Kier molecular flexibility index (Phi) is 3.68. The van der Waals surface area contributed by atoms with Crippen LogP contribution >= 0.6 is 15.9 Å². The Morgan fingerprint density at radius 3 is 2.86 bits per heavy atom. The van der Waals surface area contributed by atoms with Crippen molar-refractivity contribution in [1.29, 1.82) is 0 Å². The van der Waals surface area contributed by atoms with Crippen LogP contribution in [0.3, 0.4) is 0 Å². The van der Waals surface area contributed by atoms with E-state index in [1.807, 2.05) is 32.0 Å². The lowest BCUT2D eigenvalue weighted by molar-refractivity contribution is 0.486. The van der Waals surface area contributed by atoms with E-state index < -0.39 is 0 Å². The van der Waals surface area contributed by atoms with Crippen molar-refractivity contribution in [2.75, 3.05) is 0 Å². The average molecular weight is 253 g/mol.